The van der Waals surface area contributed by atoms with Gasteiger partial charge in [-0.05, 0) is 18.6 Å². The predicted molar refractivity (Wildman–Crippen MR) is 51.9 cm³/mol. The summed E-state index contributed by atoms with van der Waals surface area (Å²) >= 11 is 5.78. The van der Waals surface area contributed by atoms with Gasteiger partial charge in [-0.1, -0.05) is 29.8 Å². The highest BCUT2D eigenvalue weighted by Crippen LogP contribution is 2.52. The first-order valence-corrected chi connectivity index (χ1v) is 5.78. The lowest BCUT2D eigenvalue weighted by molar-refractivity contribution is 0.362. The third kappa shape index (κ3) is 2.55. The molecule has 1 rings (SSSR count). The fraction of sp³-hybridized carbons (Fsp3) is 0.250. The molecule has 0 aromatic heterocycles. The van der Waals surface area contributed by atoms with Crippen molar-refractivity contribution in [2.75, 3.05) is 0 Å². The van der Waals surface area contributed by atoms with Crippen LogP contribution in [0.25, 0.3) is 0 Å². The first-order valence-electron chi connectivity index (χ1n) is 3.72. The van der Waals surface area contributed by atoms with Crippen LogP contribution in [0.4, 0.5) is 0 Å². The van der Waals surface area contributed by atoms with Gasteiger partial charge < -0.3 is 9.79 Å². The summed E-state index contributed by atoms with van der Waals surface area (Å²) < 4.78 is 10.9. The third-order valence-corrected chi connectivity index (χ3v) is 3.49. The van der Waals surface area contributed by atoms with E-state index in [9.17, 15) is 4.57 Å². The van der Waals surface area contributed by atoms with E-state index in [2.05, 4.69) is 0 Å². The lowest BCUT2D eigenvalue weighted by Crippen LogP contribution is -1.95. The monoisotopic (exact) mass is 220 g/mol. The van der Waals surface area contributed by atoms with Gasteiger partial charge in [0.05, 0.1) is 5.66 Å². The number of hydrogen-bond donors (Lipinski definition) is 2. The minimum atomic E-state index is -4.09. The Kier molecular flexibility index (Phi) is 3.14. The van der Waals surface area contributed by atoms with Crippen molar-refractivity contribution < 1.29 is 14.4 Å². The number of hydrogen-bond acceptors (Lipinski definition) is 1. The molecule has 0 fully saturated rings. The highest BCUT2D eigenvalue weighted by molar-refractivity contribution is 7.52. The first kappa shape index (κ1) is 10.7. The topological polar surface area (TPSA) is 57.5 Å². The molecule has 1 unspecified atom stereocenters. The summed E-state index contributed by atoms with van der Waals surface area (Å²) in [6.07, 6.45) is 0. The van der Waals surface area contributed by atoms with Gasteiger partial charge in [-0.2, -0.15) is 0 Å². The van der Waals surface area contributed by atoms with Gasteiger partial charge >= 0.3 is 7.60 Å². The van der Waals surface area contributed by atoms with E-state index < -0.39 is 13.3 Å². The van der Waals surface area contributed by atoms with Crippen LogP contribution in [0.15, 0.2) is 24.3 Å². The molecule has 0 amide bonds. The lowest BCUT2D eigenvalue weighted by Gasteiger charge is -2.14. The van der Waals surface area contributed by atoms with Crippen LogP contribution in [-0.4, -0.2) is 9.79 Å². The summed E-state index contributed by atoms with van der Waals surface area (Å²) in [7, 11) is -4.09. The lowest BCUT2D eigenvalue weighted by atomic mass is 10.2. The Hall–Kier alpha value is -0.340. The second kappa shape index (κ2) is 3.81. The van der Waals surface area contributed by atoms with Crippen LogP contribution in [-0.2, 0) is 4.57 Å². The molecule has 0 aliphatic heterocycles. The third-order valence-electron chi connectivity index (χ3n) is 1.86. The van der Waals surface area contributed by atoms with Crippen molar-refractivity contribution in [1.29, 1.82) is 0 Å². The van der Waals surface area contributed by atoms with Gasteiger partial charge in [-0.15, -0.1) is 0 Å². The maximum absolute atomic E-state index is 10.9. The van der Waals surface area contributed by atoms with Crippen molar-refractivity contribution in [2.45, 2.75) is 12.6 Å². The first-order chi connectivity index (χ1) is 5.93. The van der Waals surface area contributed by atoms with E-state index in [-0.39, 0.29) is 0 Å². The summed E-state index contributed by atoms with van der Waals surface area (Å²) in [5.74, 6) is 0. The zero-order chi connectivity index (χ0) is 10.1. The van der Waals surface area contributed by atoms with Crippen LogP contribution >= 0.6 is 19.2 Å². The molecular weight excluding hydrogens is 211 g/mol. The number of benzene rings is 1. The number of rotatable bonds is 2. The molecule has 1 aromatic carbocycles. The molecule has 13 heavy (non-hydrogen) atoms. The van der Waals surface area contributed by atoms with Gasteiger partial charge in [0, 0.05) is 5.02 Å². The Labute approximate surface area is 81.5 Å². The molecule has 3 nitrogen and oxygen atoms in total. The zero-order valence-electron chi connectivity index (χ0n) is 7.01. The Morgan fingerprint density at radius 2 is 1.92 bits per heavy atom. The van der Waals surface area contributed by atoms with Crippen molar-refractivity contribution in [2.24, 2.45) is 0 Å². The molecule has 0 radical (unpaired) electrons. The van der Waals surface area contributed by atoms with Gasteiger partial charge in [0.25, 0.3) is 0 Å². The Morgan fingerprint density at radius 3 is 2.38 bits per heavy atom. The van der Waals surface area contributed by atoms with Gasteiger partial charge in [-0.3, -0.25) is 4.57 Å². The molecule has 0 spiro atoms. The summed E-state index contributed by atoms with van der Waals surface area (Å²) in [5, 5.41) is 0.387. The van der Waals surface area contributed by atoms with Gasteiger partial charge in [0.1, 0.15) is 0 Å². The fourth-order valence-electron chi connectivity index (χ4n) is 0.995. The Bertz CT molecular complexity index is 347. The van der Waals surface area contributed by atoms with Gasteiger partial charge in [0.15, 0.2) is 0 Å². The summed E-state index contributed by atoms with van der Waals surface area (Å²) in [5.41, 5.74) is -0.362. The van der Waals surface area contributed by atoms with Crippen LogP contribution in [0, 0.1) is 0 Å². The Balaban J connectivity index is 3.09. The van der Waals surface area contributed by atoms with E-state index in [1.807, 2.05) is 0 Å². The summed E-state index contributed by atoms with van der Waals surface area (Å²) in [6, 6.07) is 6.65. The molecule has 5 heteroatoms. The highest BCUT2D eigenvalue weighted by atomic mass is 35.5. The molecule has 0 heterocycles. The van der Waals surface area contributed by atoms with Crippen molar-refractivity contribution in [3.63, 3.8) is 0 Å². The zero-order valence-corrected chi connectivity index (χ0v) is 8.66. The quantitative estimate of drug-likeness (QED) is 0.753. The van der Waals surface area contributed by atoms with E-state index in [0.29, 0.717) is 10.6 Å². The van der Waals surface area contributed by atoms with E-state index in [4.69, 9.17) is 21.4 Å². The van der Waals surface area contributed by atoms with E-state index in [1.54, 1.807) is 24.3 Å². The highest BCUT2D eigenvalue weighted by Gasteiger charge is 2.26. The minimum Gasteiger partial charge on any atom is -0.324 e. The predicted octanol–water partition coefficient (Wildman–Crippen LogP) is 2.58. The molecule has 0 aliphatic rings. The minimum absolute atomic E-state index is 0.387. The normalized spacial score (nSPS) is 14.2. The van der Waals surface area contributed by atoms with Crippen LogP contribution in [0.5, 0.6) is 0 Å². The van der Waals surface area contributed by atoms with Crippen LogP contribution in [0.3, 0.4) is 0 Å². The smallest absolute Gasteiger partial charge is 0.324 e. The SMILES string of the molecule is CC(c1ccccc1Cl)P(=O)(O)O. The fourth-order valence-corrected chi connectivity index (χ4v) is 1.96. The van der Waals surface area contributed by atoms with Gasteiger partial charge in [0.2, 0.25) is 0 Å². The van der Waals surface area contributed by atoms with E-state index >= 15 is 0 Å². The Morgan fingerprint density at radius 1 is 1.38 bits per heavy atom. The molecule has 0 saturated heterocycles. The van der Waals surface area contributed by atoms with Crippen LogP contribution in [0.2, 0.25) is 5.02 Å². The summed E-state index contributed by atoms with van der Waals surface area (Å²) in [6.45, 7) is 1.46. The molecule has 2 N–H and O–H groups in total. The molecular formula is C8H10ClO3P. The maximum Gasteiger partial charge on any atom is 0.332 e. The molecule has 0 saturated carbocycles. The van der Waals surface area contributed by atoms with Crippen LogP contribution in [0.1, 0.15) is 18.1 Å². The average Bonchev–Trinajstić information content (AvgIpc) is 2.02. The van der Waals surface area contributed by atoms with Crippen molar-refractivity contribution >= 4 is 19.2 Å². The van der Waals surface area contributed by atoms with E-state index in [1.165, 1.54) is 6.92 Å². The second-order valence-corrected chi connectivity index (χ2v) is 5.15. The molecule has 0 bridgehead atoms. The number of halogens is 1. The molecule has 1 atom stereocenters. The molecule has 0 aliphatic carbocycles. The van der Waals surface area contributed by atoms with Crippen molar-refractivity contribution in [3.8, 4) is 0 Å². The van der Waals surface area contributed by atoms with Gasteiger partial charge in [-0.25, -0.2) is 0 Å². The van der Waals surface area contributed by atoms with Crippen molar-refractivity contribution in [3.05, 3.63) is 34.9 Å². The van der Waals surface area contributed by atoms with Crippen LogP contribution < -0.4 is 0 Å². The maximum atomic E-state index is 10.9. The van der Waals surface area contributed by atoms with E-state index in [0.717, 1.165) is 0 Å². The van der Waals surface area contributed by atoms with Crippen molar-refractivity contribution in [1.82, 2.24) is 0 Å². The molecule has 1 aromatic rings. The standard InChI is InChI=1S/C8H10ClO3P/c1-6(13(10,11)12)7-4-2-3-5-8(7)9/h2-6H,1H3,(H2,10,11,12). The average molecular weight is 221 g/mol. The summed E-state index contributed by atoms with van der Waals surface area (Å²) in [4.78, 5) is 17.8. The molecule has 72 valence electrons. The largest absolute Gasteiger partial charge is 0.332 e. The second-order valence-electron chi connectivity index (χ2n) is 2.79.